The maximum absolute atomic E-state index is 10.6. The Bertz CT molecular complexity index is 514. The van der Waals surface area contributed by atoms with Gasteiger partial charge in [-0.2, -0.15) is 0 Å². The number of rotatable bonds is 2. The second-order valence-electron chi connectivity index (χ2n) is 11.1. The molecule has 25 heavy (non-hydrogen) atoms. The van der Waals surface area contributed by atoms with Crippen molar-refractivity contribution in [2.45, 2.75) is 104 Å². The van der Waals surface area contributed by atoms with E-state index in [-0.39, 0.29) is 6.10 Å². The zero-order chi connectivity index (χ0) is 18.0. The van der Waals surface area contributed by atoms with E-state index in [1.165, 1.54) is 44.9 Å². The molecule has 0 aromatic carbocycles. The molecule has 0 saturated heterocycles. The average molecular weight is 349 g/mol. The fraction of sp³-hybridized carbons (Fsp3) is 1.00. The molecule has 0 amide bonds. The van der Waals surface area contributed by atoms with Gasteiger partial charge < -0.3 is 10.2 Å². The highest BCUT2D eigenvalue weighted by Crippen LogP contribution is 2.68. The second-order valence-corrected chi connectivity index (χ2v) is 11.1. The van der Waals surface area contributed by atoms with Crippen LogP contribution in [0.1, 0.15) is 91.9 Å². The van der Waals surface area contributed by atoms with Crippen molar-refractivity contribution in [2.24, 2.45) is 40.4 Å². The van der Waals surface area contributed by atoms with Gasteiger partial charge in [-0.05, 0) is 112 Å². The van der Waals surface area contributed by atoms with Crippen LogP contribution in [0, 0.1) is 40.4 Å². The number of aliphatic hydroxyl groups excluding tert-OH is 1. The Morgan fingerprint density at radius 2 is 1.60 bits per heavy atom. The lowest BCUT2D eigenvalue weighted by molar-refractivity contribution is -0.150. The molecule has 0 bridgehead atoms. The molecule has 2 heteroatoms. The minimum atomic E-state index is -0.427. The van der Waals surface area contributed by atoms with E-state index in [9.17, 15) is 10.2 Å². The fourth-order valence-electron chi connectivity index (χ4n) is 8.39. The van der Waals surface area contributed by atoms with E-state index >= 15 is 0 Å². The first-order valence-corrected chi connectivity index (χ1v) is 11.1. The largest absolute Gasteiger partial charge is 0.393 e. The van der Waals surface area contributed by atoms with Crippen LogP contribution in [0.15, 0.2) is 0 Å². The molecule has 4 aliphatic rings. The SMILES string of the molecule is CCC(O)C1CC[C@H]2[C@@H]3CC[C@H]4C[C@](C)(O)CC[C@]4(C)[C@H]3CC[C@]12C. The Kier molecular flexibility index (Phi) is 4.36. The minimum Gasteiger partial charge on any atom is -0.393 e. The molecule has 0 aliphatic heterocycles. The average Bonchev–Trinajstić information content (AvgIpc) is 2.92. The van der Waals surface area contributed by atoms with Gasteiger partial charge in [0.25, 0.3) is 0 Å². The normalized spacial score (nSPS) is 56.6. The summed E-state index contributed by atoms with van der Waals surface area (Å²) in [4.78, 5) is 0. The number of fused-ring (bicyclic) bond motifs is 5. The molecule has 2 N–H and O–H groups in total. The molecule has 4 fully saturated rings. The van der Waals surface area contributed by atoms with Crippen molar-refractivity contribution in [3.05, 3.63) is 0 Å². The van der Waals surface area contributed by atoms with Crippen molar-refractivity contribution in [1.82, 2.24) is 0 Å². The molecular formula is C23H40O2. The molecule has 4 rings (SSSR count). The molecule has 0 spiro atoms. The highest BCUT2D eigenvalue weighted by molar-refractivity contribution is 5.10. The van der Waals surface area contributed by atoms with E-state index in [1.807, 2.05) is 0 Å². The Balaban J connectivity index is 1.58. The van der Waals surface area contributed by atoms with Crippen LogP contribution in [0.5, 0.6) is 0 Å². The highest BCUT2D eigenvalue weighted by Gasteiger charge is 2.61. The number of hydrogen-bond donors (Lipinski definition) is 2. The number of aliphatic hydroxyl groups is 2. The van der Waals surface area contributed by atoms with Gasteiger partial charge in [-0.3, -0.25) is 0 Å². The number of hydrogen-bond acceptors (Lipinski definition) is 2. The maximum atomic E-state index is 10.6. The fourth-order valence-corrected chi connectivity index (χ4v) is 8.39. The zero-order valence-electron chi connectivity index (χ0n) is 16.9. The van der Waals surface area contributed by atoms with Gasteiger partial charge in [0.1, 0.15) is 0 Å². The molecular weight excluding hydrogens is 308 g/mol. The van der Waals surface area contributed by atoms with Gasteiger partial charge in [0.2, 0.25) is 0 Å². The summed E-state index contributed by atoms with van der Waals surface area (Å²) in [6, 6.07) is 0. The Hall–Kier alpha value is -0.0800. The predicted octanol–water partition coefficient (Wildman–Crippen LogP) is 5.17. The van der Waals surface area contributed by atoms with Crippen LogP contribution in [0.4, 0.5) is 0 Å². The van der Waals surface area contributed by atoms with Gasteiger partial charge in [-0.15, -0.1) is 0 Å². The van der Waals surface area contributed by atoms with Gasteiger partial charge in [-0.25, -0.2) is 0 Å². The van der Waals surface area contributed by atoms with E-state index in [0.29, 0.717) is 16.7 Å². The summed E-state index contributed by atoms with van der Waals surface area (Å²) in [6.07, 6.45) is 12.0. The van der Waals surface area contributed by atoms with Crippen LogP contribution in [0.25, 0.3) is 0 Å². The summed E-state index contributed by atoms with van der Waals surface area (Å²) >= 11 is 0. The van der Waals surface area contributed by atoms with Gasteiger partial charge in [0, 0.05) is 0 Å². The molecule has 0 heterocycles. The molecule has 144 valence electrons. The quantitative estimate of drug-likeness (QED) is 0.723. The molecule has 0 aromatic rings. The lowest BCUT2D eigenvalue weighted by atomic mass is 9.44. The topological polar surface area (TPSA) is 40.5 Å². The summed E-state index contributed by atoms with van der Waals surface area (Å²) in [6.45, 7) is 9.29. The third-order valence-corrected chi connectivity index (χ3v) is 9.91. The van der Waals surface area contributed by atoms with Crippen molar-refractivity contribution in [2.75, 3.05) is 0 Å². The van der Waals surface area contributed by atoms with Crippen molar-refractivity contribution in [1.29, 1.82) is 0 Å². The molecule has 2 nitrogen and oxygen atoms in total. The van der Waals surface area contributed by atoms with Crippen LogP contribution < -0.4 is 0 Å². The van der Waals surface area contributed by atoms with E-state index < -0.39 is 5.60 Å². The summed E-state index contributed by atoms with van der Waals surface area (Å²) in [5.41, 5.74) is 0.401. The monoisotopic (exact) mass is 348 g/mol. The first-order valence-electron chi connectivity index (χ1n) is 11.1. The van der Waals surface area contributed by atoms with Crippen LogP contribution in [-0.2, 0) is 0 Å². The molecule has 9 atom stereocenters. The third kappa shape index (κ3) is 2.64. The van der Waals surface area contributed by atoms with Gasteiger partial charge in [0.05, 0.1) is 11.7 Å². The van der Waals surface area contributed by atoms with E-state index in [1.54, 1.807) is 0 Å². The second kappa shape index (κ2) is 5.96. The standard InChI is InChI=1S/C23H40O2/c1-5-20(24)19-9-8-17-16-7-6-15-14-21(2,25)12-13-22(15,3)18(16)10-11-23(17,19)4/h15-20,24-25H,5-14H2,1-4H3/t15-,16-,17-,18-,19?,20?,21+,22-,23-/m0/s1. The smallest absolute Gasteiger partial charge is 0.0622 e. The van der Waals surface area contributed by atoms with Crippen molar-refractivity contribution >= 4 is 0 Å². The molecule has 4 saturated carbocycles. The Morgan fingerprint density at radius 3 is 2.32 bits per heavy atom. The van der Waals surface area contributed by atoms with Gasteiger partial charge in [0.15, 0.2) is 0 Å². The van der Waals surface area contributed by atoms with Crippen molar-refractivity contribution in [3.8, 4) is 0 Å². The first kappa shape index (κ1) is 18.3. The van der Waals surface area contributed by atoms with E-state index in [2.05, 4.69) is 27.7 Å². The van der Waals surface area contributed by atoms with Crippen LogP contribution >= 0.6 is 0 Å². The maximum Gasteiger partial charge on any atom is 0.0622 e. The Labute approximate surface area is 154 Å². The molecule has 0 aromatic heterocycles. The third-order valence-electron chi connectivity index (χ3n) is 9.91. The summed E-state index contributed by atoms with van der Waals surface area (Å²) in [5.74, 6) is 3.81. The van der Waals surface area contributed by atoms with Crippen molar-refractivity contribution in [3.63, 3.8) is 0 Å². The lowest BCUT2D eigenvalue weighted by Crippen LogP contribution is -2.55. The zero-order valence-corrected chi connectivity index (χ0v) is 16.9. The van der Waals surface area contributed by atoms with Crippen LogP contribution in [0.2, 0.25) is 0 Å². The van der Waals surface area contributed by atoms with Gasteiger partial charge in [-0.1, -0.05) is 20.8 Å². The lowest BCUT2D eigenvalue weighted by Gasteiger charge is -2.62. The minimum absolute atomic E-state index is 0.0942. The molecule has 2 unspecified atom stereocenters. The summed E-state index contributed by atoms with van der Waals surface area (Å²) in [5, 5.41) is 21.2. The molecule has 4 aliphatic carbocycles. The summed E-state index contributed by atoms with van der Waals surface area (Å²) < 4.78 is 0. The predicted molar refractivity (Wildman–Crippen MR) is 102 cm³/mol. The van der Waals surface area contributed by atoms with Crippen LogP contribution in [-0.4, -0.2) is 21.9 Å². The first-order chi connectivity index (χ1) is 11.7. The van der Waals surface area contributed by atoms with E-state index in [0.717, 1.165) is 42.9 Å². The highest BCUT2D eigenvalue weighted by atomic mass is 16.3. The molecule has 0 radical (unpaired) electrons. The summed E-state index contributed by atoms with van der Waals surface area (Å²) in [7, 11) is 0. The van der Waals surface area contributed by atoms with Crippen molar-refractivity contribution < 1.29 is 10.2 Å². The van der Waals surface area contributed by atoms with E-state index in [4.69, 9.17) is 0 Å². The Morgan fingerprint density at radius 1 is 0.880 bits per heavy atom. The van der Waals surface area contributed by atoms with Gasteiger partial charge >= 0.3 is 0 Å². The van der Waals surface area contributed by atoms with Crippen LogP contribution in [0.3, 0.4) is 0 Å².